The number of hydrogen-bond donors (Lipinski definition) is 3. The minimum atomic E-state index is -1.36. The van der Waals surface area contributed by atoms with Gasteiger partial charge in [-0.05, 0) is 12.8 Å². The van der Waals surface area contributed by atoms with Crippen LogP contribution in [0.1, 0.15) is 19.8 Å². The molecule has 0 aromatic heterocycles. The minimum Gasteiger partial charge on any atom is -0.481 e. The van der Waals surface area contributed by atoms with Crippen molar-refractivity contribution in [3.8, 4) is 0 Å². The molecule has 0 heterocycles. The summed E-state index contributed by atoms with van der Waals surface area (Å²) in [6, 6.07) is 0. The van der Waals surface area contributed by atoms with Gasteiger partial charge < -0.3 is 15.9 Å². The highest BCUT2D eigenvalue weighted by Gasteiger charge is 2.57. The Morgan fingerprint density at radius 2 is 2.08 bits per heavy atom. The zero-order chi connectivity index (χ0) is 10.2. The van der Waals surface area contributed by atoms with E-state index in [0.717, 1.165) is 0 Å². The van der Waals surface area contributed by atoms with Crippen LogP contribution >= 0.6 is 0 Å². The van der Waals surface area contributed by atoms with Crippen LogP contribution in [-0.2, 0) is 9.59 Å². The highest BCUT2D eigenvalue weighted by molar-refractivity contribution is 5.83. The Kier molecular flexibility index (Phi) is 2.30. The maximum atomic E-state index is 10.8. The van der Waals surface area contributed by atoms with Gasteiger partial charge in [0.15, 0.2) is 0 Å². The number of hydrogen-bond acceptors (Lipinski definition) is 3. The van der Waals surface area contributed by atoms with Crippen molar-refractivity contribution in [2.24, 2.45) is 17.6 Å². The van der Waals surface area contributed by atoms with Crippen LogP contribution < -0.4 is 5.73 Å². The minimum absolute atomic E-state index is 0.261. The van der Waals surface area contributed by atoms with Crippen molar-refractivity contribution in [3.63, 3.8) is 0 Å². The van der Waals surface area contributed by atoms with Crippen LogP contribution in [0.25, 0.3) is 0 Å². The second-order valence-electron chi connectivity index (χ2n) is 3.49. The molecule has 0 aromatic carbocycles. The van der Waals surface area contributed by atoms with Gasteiger partial charge in [0.2, 0.25) is 0 Å². The summed E-state index contributed by atoms with van der Waals surface area (Å²) in [6.45, 7) is 1.66. The van der Waals surface area contributed by atoms with E-state index < -0.39 is 29.3 Å². The Labute approximate surface area is 75.5 Å². The van der Waals surface area contributed by atoms with E-state index in [-0.39, 0.29) is 6.42 Å². The molecule has 74 valence electrons. The van der Waals surface area contributed by atoms with E-state index in [1.807, 2.05) is 0 Å². The van der Waals surface area contributed by atoms with Crippen molar-refractivity contribution in [2.75, 3.05) is 0 Å². The zero-order valence-electron chi connectivity index (χ0n) is 7.36. The molecule has 1 fully saturated rings. The lowest BCUT2D eigenvalue weighted by molar-refractivity contribution is -0.145. The Balaban J connectivity index is 2.71. The summed E-state index contributed by atoms with van der Waals surface area (Å²) in [4.78, 5) is 21.3. The Morgan fingerprint density at radius 1 is 1.54 bits per heavy atom. The molecule has 1 saturated carbocycles. The van der Waals surface area contributed by atoms with Gasteiger partial charge in [-0.2, -0.15) is 0 Å². The fraction of sp³-hybridized carbons (Fsp3) is 0.750. The molecule has 0 radical (unpaired) electrons. The Bertz CT molecular complexity index is 253. The third-order valence-corrected chi connectivity index (χ3v) is 2.75. The lowest BCUT2D eigenvalue weighted by Gasteiger charge is -2.22. The van der Waals surface area contributed by atoms with E-state index in [1.165, 1.54) is 0 Å². The molecule has 1 aliphatic carbocycles. The summed E-state index contributed by atoms with van der Waals surface area (Å²) in [5, 5.41) is 17.4. The largest absolute Gasteiger partial charge is 0.481 e. The maximum Gasteiger partial charge on any atom is 0.323 e. The normalized spacial score (nSPS) is 30.6. The molecule has 5 heteroatoms. The maximum absolute atomic E-state index is 10.8. The molecule has 3 atom stereocenters. The first-order chi connectivity index (χ1) is 5.93. The van der Waals surface area contributed by atoms with E-state index in [4.69, 9.17) is 15.9 Å². The molecule has 13 heavy (non-hydrogen) atoms. The molecule has 3 unspecified atom stereocenters. The van der Waals surface area contributed by atoms with Crippen molar-refractivity contribution >= 4 is 11.9 Å². The molecule has 1 aliphatic rings. The standard InChI is InChI=1S/C8H13NO4/c1-2-8(9,7(12)13)5-3-4(5)6(10)11/h4-5H,2-3,9H2,1H3,(H,10,11)(H,12,13). The van der Waals surface area contributed by atoms with E-state index in [0.29, 0.717) is 6.42 Å². The fourth-order valence-corrected chi connectivity index (χ4v) is 1.61. The Hall–Kier alpha value is -1.10. The molecule has 0 amide bonds. The van der Waals surface area contributed by atoms with E-state index in [9.17, 15) is 9.59 Å². The highest BCUT2D eigenvalue weighted by atomic mass is 16.4. The van der Waals surface area contributed by atoms with Crippen LogP contribution in [0.4, 0.5) is 0 Å². The zero-order valence-corrected chi connectivity index (χ0v) is 7.36. The van der Waals surface area contributed by atoms with Crippen LogP contribution in [0.15, 0.2) is 0 Å². The average Bonchev–Trinajstić information content (AvgIpc) is 2.81. The van der Waals surface area contributed by atoms with Gasteiger partial charge in [-0.25, -0.2) is 0 Å². The number of carboxylic acid groups (broad SMARTS) is 2. The van der Waals surface area contributed by atoms with Crippen LogP contribution in [-0.4, -0.2) is 27.7 Å². The van der Waals surface area contributed by atoms with Gasteiger partial charge >= 0.3 is 11.9 Å². The van der Waals surface area contributed by atoms with E-state index in [1.54, 1.807) is 6.92 Å². The van der Waals surface area contributed by atoms with Gasteiger partial charge in [0.1, 0.15) is 5.54 Å². The van der Waals surface area contributed by atoms with Crippen molar-refractivity contribution in [1.29, 1.82) is 0 Å². The first kappa shape index (κ1) is 9.98. The number of nitrogens with two attached hydrogens (primary N) is 1. The predicted molar refractivity (Wildman–Crippen MR) is 44.1 cm³/mol. The smallest absolute Gasteiger partial charge is 0.323 e. The van der Waals surface area contributed by atoms with Crippen molar-refractivity contribution in [2.45, 2.75) is 25.3 Å². The molecule has 4 N–H and O–H groups in total. The average molecular weight is 187 g/mol. The number of rotatable bonds is 4. The lowest BCUT2D eigenvalue weighted by Crippen LogP contribution is -2.50. The van der Waals surface area contributed by atoms with Crippen LogP contribution in [0, 0.1) is 11.8 Å². The SMILES string of the molecule is CCC(N)(C(=O)O)C1CC1C(=O)O. The third kappa shape index (κ3) is 1.51. The van der Waals surface area contributed by atoms with Crippen LogP contribution in [0.5, 0.6) is 0 Å². The number of carbonyl (C=O) groups is 2. The summed E-state index contributed by atoms with van der Waals surface area (Å²) >= 11 is 0. The van der Waals surface area contributed by atoms with Crippen LogP contribution in [0.2, 0.25) is 0 Å². The first-order valence-electron chi connectivity index (χ1n) is 4.18. The van der Waals surface area contributed by atoms with Gasteiger partial charge in [-0.3, -0.25) is 9.59 Å². The van der Waals surface area contributed by atoms with Crippen molar-refractivity contribution in [3.05, 3.63) is 0 Å². The fourth-order valence-electron chi connectivity index (χ4n) is 1.61. The second-order valence-corrected chi connectivity index (χ2v) is 3.49. The van der Waals surface area contributed by atoms with Gasteiger partial charge in [0, 0.05) is 5.92 Å². The van der Waals surface area contributed by atoms with E-state index >= 15 is 0 Å². The summed E-state index contributed by atoms with van der Waals surface area (Å²) in [7, 11) is 0. The summed E-state index contributed by atoms with van der Waals surface area (Å²) in [5.41, 5.74) is 4.25. The molecule has 5 nitrogen and oxygen atoms in total. The number of aliphatic carboxylic acids is 2. The molecule has 0 bridgehead atoms. The lowest BCUT2D eigenvalue weighted by atomic mass is 9.90. The van der Waals surface area contributed by atoms with E-state index in [2.05, 4.69) is 0 Å². The van der Waals surface area contributed by atoms with Crippen molar-refractivity contribution < 1.29 is 19.8 Å². The highest BCUT2D eigenvalue weighted by Crippen LogP contribution is 2.46. The second kappa shape index (κ2) is 2.99. The number of carboxylic acids is 2. The van der Waals surface area contributed by atoms with Gasteiger partial charge in [0.05, 0.1) is 5.92 Å². The molecule has 0 spiro atoms. The first-order valence-corrected chi connectivity index (χ1v) is 4.18. The summed E-state index contributed by atoms with van der Waals surface area (Å²) in [5.74, 6) is -3.04. The topological polar surface area (TPSA) is 101 Å². The molecule has 0 saturated heterocycles. The summed E-state index contributed by atoms with van der Waals surface area (Å²) in [6.07, 6.45) is 0.642. The predicted octanol–water partition coefficient (Wildman–Crippen LogP) is -0.101. The molecule has 0 aromatic rings. The monoisotopic (exact) mass is 187 g/mol. The molecule has 1 rings (SSSR count). The van der Waals surface area contributed by atoms with Gasteiger partial charge in [-0.1, -0.05) is 6.92 Å². The van der Waals surface area contributed by atoms with Crippen LogP contribution in [0.3, 0.4) is 0 Å². The quantitative estimate of drug-likeness (QED) is 0.570. The van der Waals surface area contributed by atoms with Gasteiger partial charge in [-0.15, -0.1) is 0 Å². The third-order valence-electron chi connectivity index (χ3n) is 2.75. The van der Waals surface area contributed by atoms with Crippen molar-refractivity contribution in [1.82, 2.24) is 0 Å². The Morgan fingerprint density at radius 3 is 2.31 bits per heavy atom. The molecular weight excluding hydrogens is 174 g/mol. The summed E-state index contributed by atoms with van der Waals surface area (Å²) < 4.78 is 0. The molecule has 0 aliphatic heterocycles. The molecular formula is C8H13NO4. The van der Waals surface area contributed by atoms with Gasteiger partial charge in [0.25, 0.3) is 0 Å².